The lowest BCUT2D eigenvalue weighted by atomic mass is 9.83. The van der Waals surface area contributed by atoms with E-state index in [9.17, 15) is 0 Å². The van der Waals surface area contributed by atoms with Crippen LogP contribution in [-0.2, 0) is 0 Å². The fourth-order valence-corrected chi connectivity index (χ4v) is 3.34. The average Bonchev–Trinajstić information content (AvgIpc) is 2.82. The van der Waals surface area contributed by atoms with Crippen molar-refractivity contribution in [2.24, 2.45) is 5.73 Å². The third-order valence-electron chi connectivity index (χ3n) is 4.48. The third kappa shape index (κ3) is 3.19. The Hall–Kier alpha value is -0.160. The number of piperidine rings is 1. The van der Waals surface area contributed by atoms with Crippen molar-refractivity contribution in [1.82, 2.24) is 10.2 Å². The molecule has 2 saturated heterocycles. The first kappa shape index (κ1) is 13.3. The highest BCUT2D eigenvalue weighted by Crippen LogP contribution is 2.32. The molecule has 0 radical (unpaired) electrons. The van der Waals surface area contributed by atoms with Crippen LogP contribution in [0.5, 0.6) is 0 Å². The summed E-state index contributed by atoms with van der Waals surface area (Å²) >= 11 is 0. The summed E-state index contributed by atoms with van der Waals surface area (Å²) in [6, 6.07) is 0.762. The molecule has 2 heterocycles. The maximum Gasteiger partial charge on any atom is 0.0431 e. The Morgan fingerprint density at radius 3 is 3.00 bits per heavy atom. The first-order valence-corrected chi connectivity index (χ1v) is 7.10. The summed E-state index contributed by atoms with van der Waals surface area (Å²) in [5, 5.41) is 12.5. The molecule has 17 heavy (non-hydrogen) atoms. The van der Waals surface area contributed by atoms with Crippen LogP contribution >= 0.6 is 0 Å². The minimum atomic E-state index is 0.168. The van der Waals surface area contributed by atoms with Gasteiger partial charge in [-0.1, -0.05) is 0 Å². The van der Waals surface area contributed by atoms with Crippen LogP contribution < -0.4 is 11.1 Å². The maximum atomic E-state index is 8.79. The number of aliphatic hydroxyl groups is 1. The first-order chi connectivity index (χ1) is 8.29. The molecule has 0 amide bonds. The third-order valence-corrected chi connectivity index (χ3v) is 4.48. The van der Waals surface area contributed by atoms with Gasteiger partial charge in [-0.2, -0.15) is 0 Å². The van der Waals surface area contributed by atoms with Gasteiger partial charge in [-0.15, -0.1) is 0 Å². The van der Waals surface area contributed by atoms with Gasteiger partial charge in [0.15, 0.2) is 0 Å². The summed E-state index contributed by atoms with van der Waals surface area (Å²) in [7, 11) is 0. The molecule has 4 heteroatoms. The molecule has 0 aromatic rings. The van der Waals surface area contributed by atoms with Crippen LogP contribution in [-0.4, -0.2) is 54.4 Å². The predicted octanol–water partition coefficient (Wildman–Crippen LogP) is 0.304. The lowest BCUT2D eigenvalue weighted by Gasteiger charge is -2.44. The van der Waals surface area contributed by atoms with Gasteiger partial charge < -0.3 is 21.1 Å². The highest BCUT2D eigenvalue weighted by molar-refractivity contribution is 5.00. The number of nitrogens with two attached hydrogens (primary N) is 1. The van der Waals surface area contributed by atoms with Crippen molar-refractivity contribution >= 4 is 0 Å². The van der Waals surface area contributed by atoms with E-state index in [4.69, 9.17) is 10.8 Å². The fourth-order valence-electron chi connectivity index (χ4n) is 3.34. The standard InChI is InChI=1S/C13H27N3O/c14-11-13(15-6-1-2-9-17)5-8-16-7-3-4-12(16)10-13/h12,15,17H,1-11,14H2. The van der Waals surface area contributed by atoms with E-state index in [1.54, 1.807) is 0 Å². The average molecular weight is 241 g/mol. The van der Waals surface area contributed by atoms with Crippen LogP contribution in [0.1, 0.15) is 38.5 Å². The van der Waals surface area contributed by atoms with Crippen LogP contribution in [0.25, 0.3) is 0 Å². The number of rotatable bonds is 6. The van der Waals surface area contributed by atoms with Gasteiger partial charge >= 0.3 is 0 Å². The van der Waals surface area contributed by atoms with Gasteiger partial charge in [-0.05, 0) is 51.6 Å². The summed E-state index contributed by atoms with van der Waals surface area (Å²) in [6.07, 6.45) is 7.04. The molecule has 2 unspecified atom stereocenters. The number of hydrogen-bond donors (Lipinski definition) is 3. The van der Waals surface area contributed by atoms with Crippen molar-refractivity contribution < 1.29 is 5.11 Å². The molecule has 0 saturated carbocycles. The zero-order valence-electron chi connectivity index (χ0n) is 10.8. The summed E-state index contributed by atoms with van der Waals surface area (Å²) in [5.41, 5.74) is 6.17. The molecular weight excluding hydrogens is 214 g/mol. The molecule has 2 aliphatic heterocycles. The Kier molecular flexibility index (Phi) is 4.79. The van der Waals surface area contributed by atoms with Crippen LogP contribution in [0.3, 0.4) is 0 Å². The molecule has 2 atom stereocenters. The van der Waals surface area contributed by atoms with Gasteiger partial charge in [0.25, 0.3) is 0 Å². The first-order valence-electron chi connectivity index (χ1n) is 7.10. The van der Waals surface area contributed by atoms with Crippen LogP contribution in [0, 0.1) is 0 Å². The Labute approximate surface area is 105 Å². The molecular formula is C13H27N3O. The van der Waals surface area contributed by atoms with E-state index in [2.05, 4.69) is 10.2 Å². The fraction of sp³-hybridized carbons (Fsp3) is 1.00. The lowest BCUT2D eigenvalue weighted by Crippen LogP contribution is -2.59. The van der Waals surface area contributed by atoms with Gasteiger partial charge in [-0.3, -0.25) is 0 Å². The number of fused-ring (bicyclic) bond motifs is 1. The number of hydrogen-bond acceptors (Lipinski definition) is 4. The zero-order chi connectivity index (χ0) is 12.1. The molecule has 0 aliphatic carbocycles. The minimum absolute atomic E-state index is 0.168. The van der Waals surface area contributed by atoms with Gasteiger partial charge in [0, 0.05) is 31.3 Å². The molecule has 2 fully saturated rings. The molecule has 2 rings (SSSR count). The molecule has 0 bridgehead atoms. The highest BCUT2D eigenvalue weighted by atomic mass is 16.2. The summed E-state index contributed by atoms with van der Waals surface area (Å²) in [4.78, 5) is 2.63. The van der Waals surface area contributed by atoms with E-state index in [-0.39, 0.29) is 5.54 Å². The second kappa shape index (κ2) is 6.14. The van der Waals surface area contributed by atoms with E-state index in [1.165, 1.54) is 38.8 Å². The summed E-state index contributed by atoms with van der Waals surface area (Å²) < 4.78 is 0. The predicted molar refractivity (Wildman–Crippen MR) is 69.9 cm³/mol. The van der Waals surface area contributed by atoms with Crippen LogP contribution in [0.2, 0.25) is 0 Å². The molecule has 0 aromatic heterocycles. The van der Waals surface area contributed by atoms with Crippen molar-refractivity contribution in [3.63, 3.8) is 0 Å². The lowest BCUT2D eigenvalue weighted by molar-refractivity contribution is 0.110. The SMILES string of the molecule is NCC1(NCCCCO)CCN2CCCC2C1. The number of aliphatic hydroxyl groups excluding tert-OH is 1. The second-order valence-corrected chi connectivity index (χ2v) is 5.63. The number of unbranched alkanes of at least 4 members (excludes halogenated alkanes) is 1. The minimum Gasteiger partial charge on any atom is -0.396 e. The van der Waals surface area contributed by atoms with Crippen molar-refractivity contribution in [1.29, 1.82) is 0 Å². The van der Waals surface area contributed by atoms with Crippen LogP contribution in [0.15, 0.2) is 0 Å². The van der Waals surface area contributed by atoms with E-state index < -0.39 is 0 Å². The number of nitrogens with one attached hydrogen (secondary N) is 1. The molecule has 2 aliphatic rings. The quantitative estimate of drug-likeness (QED) is 0.586. The van der Waals surface area contributed by atoms with Crippen molar-refractivity contribution in [2.75, 3.05) is 32.8 Å². The monoisotopic (exact) mass is 241 g/mol. The van der Waals surface area contributed by atoms with E-state index in [0.29, 0.717) is 6.61 Å². The summed E-state index contributed by atoms with van der Waals surface area (Å²) in [6.45, 7) is 4.53. The normalized spacial score (nSPS) is 33.9. The molecule has 4 nitrogen and oxygen atoms in total. The Morgan fingerprint density at radius 2 is 2.24 bits per heavy atom. The topological polar surface area (TPSA) is 61.5 Å². The second-order valence-electron chi connectivity index (χ2n) is 5.63. The van der Waals surface area contributed by atoms with Crippen molar-refractivity contribution in [3.8, 4) is 0 Å². The highest BCUT2D eigenvalue weighted by Gasteiger charge is 2.40. The van der Waals surface area contributed by atoms with Crippen LogP contribution in [0.4, 0.5) is 0 Å². The summed E-state index contributed by atoms with van der Waals surface area (Å²) in [5.74, 6) is 0. The smallest absolute Gasteiger partial charge is 0.0431 e. The van der Waals surface area contributed by atoms with E-state index in [0.717, 1.165) is 32.0 Å². The van der Waals surface area contributed by atoms with Crippen molar-refractivity contribution in [3.05, 3.63) is 0 Å². The van der Waals surface area contributed by atoms with Gasteiger partial charge in [0.2, 0.25) is 0 Å². The zero-order valence-corrected chi connectivity index (χ0v) is 10.8. The largest absolute Gasteiger partial charge is 0.396 e. The molecule has 0 spiro atoms. The van der Waals surface area contributed by atoms with Crippen molar-refractivity contribution in [2.45, 2.75) is 50.1 Å². The van der Waals surface area contributed by atoms with Gasteiger partial charge in [0.05, 0.1) is 0 Å². The molecule has 100 valence electrons. The number of nitrogens with zero attached hydrogens (tertiary/aromatic N) is 1. The molecule has 0 aromatic carbocycles. The Morgan fingerprint density at radius 1 is 1.35 bits per heavy atom. The maximum absolute atomic E-state index is 8.79. The Balaban J connectivity index is 1.82. The molecule has 4 N–H and O–H groups in total. The van der Waals surface area contributed by atoms with E-state index >= 15 is 0 Å². The van der Waals surface area contributed by atoms with Gasteiger partial charge in [-0.25, -0.2) is 0 Å². The van der Waals surface area contributed by atoms with E-state index in [1.807, 2.05) is 0 Å². The van der Waals surface area contributed by atoms with Gasteiger partial charge in [0.1, 0.15) is 0 Å². The Bertz CT molecular complexity index is 237.